The highest BCUT2D eigenvalue weighted by Gasteiger charge is 2.23. The van der Waals surface area contributed by atoms with Crippen LogP contribution in [0.25, 0.3) is 10.8 Å². The average molecular weight is 494 g/mol. The zero-order valence-electron chi connectivity index (χ0n) is 16.8. The van der Waals surface area contributed by atoms with Gasteiger partial charge in [-0.3, -0.25) is 4.79 Å². The monoisotopic (exact) mass is 494 g/mol. The second-order valence-electron chi connectivity index (χ2n) is 7.12. The normalized spacial score (nSPS) is 15.2. The number of piperidine rings is 1. The predicted molar refractivity (Wildman–Crippen MR) is 127 cm³/mol. The number of amides is 1. The summed E-state index contributed by atoms with van der Waals surface area (Å²) < 4.78 is 0. The Morgan fingerprint density at radius 3 is 2.57 bits per heavy atom. The minimum Gasteiger partial charge on any atom is -0.359 e. The number of hydrogen-bond acceptors (Lipinski definition) is 2. The smallest absolute Gasteiger partial charge is 0.220 e. The summed E-state index contributed by atoms with van der Waals surface area (Å²) in [6.45, 7) is 5.52. The molecule has 2 N–H and O–H groups in total. The van der Waals surface area contributed by atoms with Crippen LogP contribution in [0.5, 0.6) is 0 Å². The minimum absolute atomic E-state index is 0. The Kier molecular flexibility index (Phi) is 9.02. The standard InChI is InChI=1S/C22H30N4O.HI/c1-3-24-22(26-13-11-17(12-14-26)15-21(27)23-2)25-16-19-9-6-8-18-7-4-5-10-20(18)19;/h4-10,17H,3,11-16H2,1-2H3,(H,23,27)(H,24,25);1H. The third-order valence-corrected chi connectivity index (χ3v) is 5.28. The molecule has 28 heavy (non-hydrogen) atoms. The summed E-state index contributed by atoms with van der Waals surface area (Å²) in [4.78, 5) is 18.8. The molecule has 152 valence electrons. The van der Waals surface area contributed by atoms with Crippen molar-refractivity contribution in [3.63, 3.8) is 0 Å². The maximum absolute atomic E-state index is 11.6. The van der Waals surface area contributed by atoms with Crippen LogP contribution in [0.15, 0.2) is 47.5 Å². The van der Waals surface area contributed by atoms with Crippen molar-refractivity contribution >= 4 is 46.6 Å². The third-order valence-electron chi connectivity index (χ3n) is 5.28. The van der Waals surface area contributed by atoms with E-state index in [1.165, 1.54) is 16.3 Å². The van der Waals surface area contributed by atoms with Crippen LogP contribution >= 0.6 is 24.0 Å². The van der Waals surface area contributed by atoms with E-state index in [0.29, 0.717) is 18.9 Å². The topological polar surface area (TPSA) is 56.7 Å². The molecule has 1 amide bonds. The van der Waals surface area contributed by atoms with Gasteiger partial charge in [-0.25, -0.2) is 4.99 Å². The second-order valence-corrected chi connectivity index (χ2v) is 7.12. The third kappa shape index (κ3) is 5.83. The number of nitrogens with zero attached hydrogens (tertiary/aromatic N) is 2. The first-order valence-corrected chi connectivity index (χ1v) is 9.91. The Labute approximate surface area is 185 Å². The van der Waals surface area contributed by atoms with Gasteiger partial charge in [-0.15, -0.1) is 24.0 Å². The highest BCUT2D eigenvalue weighted by Crippen LogP contribution is 2.22. The SMILES string of the molecule is CCNC(=NCc1cccc2ccccc12)N1CCC(CC(=O)NC)CC1.I. The molecule has 6 heteroatoms. The van der Waals surface area contributed by atoms with Crippen molar-refractivity contribution in [2.24, 2.45) is 10.9 Å². The number of nitrogens with one attached hydrogen (secondary N) is 2. The van der Waals surface area contributed by atoms with Gasteiger partial charge in [0.05, 0.1) is 6.54 Å². The van der Waals surface area contributed by atoms with Gasteiger partial charge in [0.2, 0.25) is 5.91 Å². The lowest BCUT2D eigenvalue weighted by atomic mass is 9.93. The van der Waals surface area contributed by atoms with Crippen LogP contribution in [0.1, 0.15) is 31.7 Å². The summed E-state index contributed by atoms with van der Waals surface area (Å²) in [5, 5.41) is 8.69. The molecule has 2 aromatic rings. The number of guanidine groups is 1. The van der Waals surface area contributed by atoms with Crippen LogP contribution in [-0.4, -0.2) is 43.4 Å². The van der Waals surface area contributed by atoms with E-state index < -0.39 is 0 Å². The fourth-order valence-electron chi connectivity index (χ4n) is 3.73. The Balaban J connectivity index is 0.00000280. The van der Waals surface area contributed by atoms with Crippen molar-refractivity contribution in [3.8, 4) is 0 Å². The predicted octanol–water partition coefficient (Wildman–Crippen LogP) is 3.77. The van der Waals surface area contributed by atoms with E-state index in [1.807, 2.05) is 0 Å². The van der Waals surface area contributed by atoms with Gasteiger partial charge in [0.15, 0.2) is 5.96 Å². The van der Waals surface area contributed by atoms with Gasteiger partial charge in [-0.1, -0.05) is 42.5 Å². The van der Waals surface area contributed by atoms with E-state index in [0.717, 1.165) is 38.4 Å². The Hall–Kier alpha value is -1.83. The first-order chi connectivity index (χ1) is 13.2. The summed E-state index contributed by atoms with van der Waals surface area (Å²) in [7, 11) is 1.71. The van der Waals surface area contributed by atoms with Gasteiger partial charge >= 0.3 is 0 Å². The summed E-state index contributed by atoms with van der Waals surface area (Å²) in [5.41, 5.74) is 1.25. The molecule has 2 aromatic carbocycles. The van der Waals surface area contributed by atoms with Crippen LogP contribution in [0, 0.1) is 5.92 Å². The zero-order valence-corrected chi connectivity index (χ0v) is 19.1. The van der Waals surface area contributed by atoms with E-state index >= 15 is 0 Å². The molecule has 3 rings (SSSR count). The highest BCUT2D eigenvalue weighted by atomic mass is 127. The highest BCUT2D eigenvalue weighted by molar-refractivity contribution is 14.0. The Morgan fingerprint density at radius 1 is 1.14 bits per heavy atom. The molecular weight excluding hydrogens is 463 g/mol. The first kappa shape index (κ1) is 22.5. The number of likely N-dealkylation sites (tertiary alicyclic amines) is 1. The van der Waals surface area contributed by atoms with Crippen molar-refractivity contribution in [2.45, 2.75) is 32.7 Å². The Bertz CT molecular complexity index is 795. The molecular formula is C22H31IN4O. The number of fused-ring (bicyclic) bond motifs is 1. The summed E-state index contributed by atoms with van der Waals surface area (Å²) >= 11 is 0. The minimum atomic E-state index is 0. The molecule has 1 fully saturated rings. The molecule has 0 saturated carbocycles. The lowest BCUT2D eigenvalue weighted by Crippen LogP contribution is -2.46. The molecule has 0 unspecified atom stereocenters. The number of carbonyl (C=O) groups is 1. The number of carbonyl (C=O) groups excluding carboxylic acids is 1. The fourth-order valence-corrected chi connectivity index (χ4v) is 3.73. The van der Waals surface area contributed by atoms with Crippen LogP contribution in [0.2, 0.25) is 0 Å². The van der Waals surface area contributed by atoms with Gasteiger partial charge in [0, 0.05) is 33.1 Å². The Morgan fingerprint density at radius 2 is 1.86 bits per heavy atom. The maximum atomic E-state index is 11.6. The van der Waals surface area contributed by atoms with Gasteiger partial charge in [-0.05, 0) is 42.0 Å². The number of aliphatic imine (C=N–C) groups is 1. The zero-order chi connectivity index (χ0) is 19.1. The lowest BCUT2D eigenvalue weighted by Gasteiger charge is -2.34. The van der Waals surface area contributed by atoms with Crippen molar-refractivity contribution < 1.29 is 4.79 Å². The van der Waals surface area contributed by atoms with Crippen LogP contribution in [0.3, 0.4) is 0 Å². The number of hydrogen-bond donors (Lipinski definition) is 2. The largest absolute Gasteiger partial charge is 0.359 e. The van der Waals surface area contributed by atoms with Crippen molar-refractivity contribution in [3.05, 3.63) is 48.0 Å². The van der Waals surface area contributed by atoms with Gasteiger partial charge < -0.3 is 15.5 Å². The van der Waals surface area contributed by atoms with Gasteiger partial charge in [-0.2, -0.15) is 0 Å². The lowest BCUT2D eigenvalue weighted by molar-refractivity contribution is -0.121. The van der Waals surface area contributed by atoms with Crippen LogP contribution < -0.4 is 10.6 Å². The molecule has 0 radical (unpaired) electrons. The molecule has 1 aliphatic rings. The number of halogens is 1. The van der Waals surface area contributed by atoms with Crippen LogP contribution in [0.4, 0.5) is 0 Å². The molecule has 5 nitrogen and oxygen atoms in total. The second kappa shape index (κ2) is 11.2. The van der Waals surface area contributed by atoms with E-state index in [9.17, 15) is 4.79 Å². The summed E-state index contributed by atoms with van der Waals surface area (Å²) in [5.74, 6) is 1.59. The van der Waals surface area contributed by atoms with Gasteiger partial charge in [0.1, 0.15) is 0 Å². The maximum Gasteiger partial charge on any atom is 0.220 e. The van der Waals surface area contributed by atoms with E-state index in [2.05, 4.69) is 64.9 Å². The number of benzene rings is 2. The molecule has 1 aliphatic heterocycles. The van der Waals surface area contributed by atoms with Crippen molar-refractivity contribution in [1.29, 1.82) is 0 Å². The number of rotatable bonds is 5. The van der Waals surface area contributed by atoms with Crippen molar-refractivity contribution in [2.75, 3.05) is 26.7 Å². The van der Waals surface area contributed by atoms with E-state index in [-0.39, 0.29) is 29.9 Å². The fraction of sp³-hybridized carbons (Fsp3) is 0.455. The average Bonchev–Trinajstić information content (AvgIpc) is 2.71. The first-order valence-electron chi connectivity index (χ1n) is 9.91. The summed E-state index contributed by atoms with van der Waals surface area (Å²) in [6.07, 6.45) is 2.70. The molecule has 0 bridgehead atoms. The quantitative estimate of drug-likeness (QED) is 0.378. The molecule has 0 atom stereocenters. The molecule has 0 spiro atoms. The van der Waals surface area contributed by atoms with Crippen molar-refractivity contribution in [1.82, 2.24) is 15.5 Å². The summed E-state index contributed by atoms with van der Waals surface area (Å²) in [6, 6.07) is 14.9. The molecule has 0 aliphatic carbocycles. The van der Waals surface area contributed by atoms with Gasteiger partial charge in [0.25, 0.3) is 0 Å². The van der Waals surface area contributed by atoms with Crippen LogP contribution in [-0.2, 0) is 11.3 Å². The van der Waals surface area contributed by atoms with E-state index in [4.69, 9.17) is 4.99 Å². The molecule has 0 aromatic heterocycles. The van der Waals surface area contributed by atoms with E-state index in [1.54, 1.807) is 7.05 Å². The molecule has 1 saturated heterocycles. The molecule has 1 heterocycles.